The first-order valence-electron chi connectivity index (χ1n) is 9.55. The summed E-state index contributed by atoms with van der Waals surface area (Å²) in [6, 6.07) is 18.4. The molecule has 150 valence electrons. The number of carbonyl (C=O) groups excluding carboxylic acids is 1. The number of rotatable bonds is 4. The van der Waals surface area contributed by atoms with Gasteiger partial charge in [0.05, 0.1) is 18.1 Å². The van der Waals surface area contributed by atoms with E-state index in [0.717, 1.165) is 28.2 Å². The molecule has 0 bridgehead atoms. The molecule has 7 nitrogen and oxygen atoms in total. The maximum Gasteiger partial charge on any atom is 0.255 e. The number of aromatic amines is 1. The molecule has 0 saturated heterocycles. The van der Waals surface area contributed by atoms with E-state index < -0.39 is 0 Å². The number of hydrogen-bond donors (Lipinski definition) is 2. The Labute approximate surface area is 172 Å². The number of ether oxygens (including phenoxy) is 3. The molecule has 1 aliphatic rings. The Balaban J connectivity index is 1.33. The summed E-state index contributed by atoms with van der Waals surface area (Å²) in [5.41, 5.74) is 3.88. The van der Waals surface area contributed by atoms with Crippen LogP contribution in [-0.2, 0) is 0 Å². The summed E-state index contributed by atoms with van der Waals surface area (Å²) in [6.07, 6.45) is 0. The second-order valence-electron chi connectivity index (χ2n) is 6.86. The Morgan fingerprint density at radius 1 is 1.00 bits per heavy atom. The number of hydrogen-bond acceptors (Lipinski definition) is 5. The van der Waals surface area contributed by atoms with Gasteiger partial charge in [0.1, 0.15) is 24.8 Å². The standard InChI is InChI=1S/C23H19N3O4/c1-28-17-7-8-18-19(13-17)26-22(25-18)14-2-5-16(6-3-14)24-23(27)15-4-9-20-21(12-15)30-11-10-29-20/h2-9,12-13H,10-11H2,1H3,(H,24,27)(H,25,26). The number of amides is 1. The van der Waals surface area contributed by atoms with Gasteiger partial charge < -0.3 is 24.5 Å². The van der Waals surface area contributed by atoms with Crippen molar-refractivity contribution in [2.24, 2.45) is 0 Å². The number of carbonyl (C=O) groups is 1. The largest absolute Gasteiger partial charge is 0.497 e. The molecule has 1 aliphatic heterocycles. The van der Waals surface area contributed by atoms with Gasteiger partial charge in [0, 0.05) is 22.9 Å². The van der Waals surface area contributed by atoms with Crippen molar-refractivity contribution >= 4 is 22.6 Å². The van der Waals surface area contributed by atoms with E-state index in [2.05, 4.69) is 15.3 Å². The van der Waals surface area contributed by atoms with Gasteiger partial charge in [0.2, 0.25) is 0 Å². The van der Waals surface area contributed by atoms with Crippen molar-refractivity contribution in [3.05, 3.63) is 66.2 Å². The van der Waals surface area contributed by atoms with Crippen LogP contribution in [0, 0.1) is 0 Å². The van der Waals surface area contributed by atoms with Crippen LogP contribution in [0.2, 0.25) is 0 Å². The lowest BCUT2D eigenvalue weighted by Crippen LogP contribution is -2.17. The molecule has 0 saturated carbocycles. The maximum atomic E-state index is 12.6. The molecule has 0 fully saturated rings. The van der Waals surface area contributed by atoms with E-state index in [-0.39, 0.29) is 5.91 Å². The zero-order chi connectivity index (χ0) is 20.5. The van der Waals surface area contributed by atoms with Gasteiger partial charge in [-0.2, -0.15) is 0 Å². The Kier molecular flexibility index (Phi) is 4.48. The van der Waals surface area contributed by atoms with Crippen molar-refractivity contribution in [2.45, 2.75) is 0 Å². The Morgan fingerprint density at radius 3 is 2.60 bits per heavy atom. The topological polar surface area (TPSA) is 85.5 Å². The summed E-state index contributed by atoms with van der Waals surface area (Å²) in [7, 11) is 1.64. The highest BCUT2D eigenvalue weighted by Gasteiger charge is 2.15. The van der Waals surface area contributed by atoms with Crippen LogP contribution in [-0.4, -0.2) is 36.2 Å². The number of nitrogens with one attached hydrogen (secondary N) is 2. The van der Waals surface area contributed by atoms with E-state index in [1.807, 2.05) is 42.5 Å². The van der Waals surface area contributed by atoms with Gasteiger partial charge in [-0.25, -0.2) is 4.98 Å². The van der Waals surface area contributed by atoms with Crippen LogP contribution in [0.4, 0.5) is 5.69 Å². The first kappa shape index (κ1) is 18.1. The van der Waals surface area contributed by atoms with Crippen molar-refractivity contribution in [1.29, 1.82) is 0 Å². The quantitative estimate of drug-likeness (QED) is 0.534. The molecule has 0 unspecified atom stereocenters. The monoisotopic (exact) mass is 401 g/mol. The summed E-state index contributed by atoms with van der Waals surface area (Å²) in [5.74, 6) is 2.56. The molecule has 1 amide bonds. The van der Waals surface area contributed by atoms with Crippen molar-refractivity contribution in [3.8, 4) is 28.6 Å². The molecule has 0 radical (unpaired) electrons. The molecular formula is C23H19N3O4. The predicted octanol–water partition coefficient (Wildman–Crippen LogP) is 4.26. The van der Waals surface area contributed by atoms with Gasteiger partial charge in [0.25, 0.3) is 5.91 Å². The third-order valence-electron chi connectivity index (χ3n) is 4.91. The predicted molar refractivity (Wildman–Crippen MR) is 113 cm³/mol. The van der Waals surface area contributed by atoms with Crippen LogP contribution in [0.5, 0.6) is 17.2 Å². The number of aromatic nitrogens is 2. The number of H-pyrrole nitrogens is 1. The molecule has 30 heavy (non-hydrogen) atoms. The maximum absolute atomic E-state index is 12.6. The molecule has 3 aromatic carbocycles. The Bertz CT molecular complexity index is 1230. The number of imidazole rings is 1. The third-order valence-corrected chi connectivity index (χ3v) is 4.91. The summed E-state index contributed by atoms with van der Waals surface area (Å²) >= 11 is 0. The van der Waals surface area contributed by atoms with E-state index >= 15 is 0 Å². The van der Waals surface area contributed by atoms with E-state index in [4.69, 9.17) is 14.2 Å². The second kappa shape index (κ2) is 7.44. The number of nitrogens with zero attached hydrogens (tertiary/aromatic N) is 1. The minimum atomic E-state index is -0.212. The Hall–Kier alpha value is -4.00. The molecule has 4 aromatic rings. The van der Waals surface area contributed by atoms with Crippen molar-refractivity contribution in [2.75, 3.05) is 25.6 Å². The minimum Gasteiger partial charge on any atom is -0.497 e. The zero-order valence-corrected chi connectivity index (χ0v) is 16.3. The number of methoxy groups -OCH3 is 1. The highest BCUT2D eigenvalue weighted by atomic mass is 16.6. The fraction of sp³-hybridized carbons (Fsp3) is 0.130. The van der Waals surface area contributed by atoms with Crippen molar-refractivity contribution < 1.29 is 19.0 Å². The second-order valence-corrected chi connectivity index (χ2v) is 6.86. The zero-order valence-electron chi connectivity index (χ0n) is 16.3. The van der Waals surface area contributed by atoms with Crippen LogP contribution in [0.25, 0.3) is 22.4 Å². The lowest BCUT2D eigenvalue weighted by Gasteiger charge is -2.18. The van der Waals surface area contributed by atoms with Crippen molar-refractivity contribution in [3.63, 3.8) is 0 Å². The molecule has 5 rings (SSSR count). The van der Waals surface area contributed by atoms with Gasteiger partial charge in [-0.3, -0.25) is 4.79 Å². The molecule has 0 spiro atoms. The van der Waals surface area contributed by atoms with Gasteiger partial charge >= 0.3 is 0 Å². The third kappa shape index (κ3) is 3.41. The molecule has 2 N–H and O–H groups in total. The van der Waals surface area contributed by atoms with Gasteiger partial charge in [0.15, 0.2) is 11.5 Å². The molecule has 2 heterocycles. The Morgan fingerprint density at radius 2 is 1.80 bits per heavy atom. The molecule has 0 aliphatic carbocycles. The summed E-state index contributed by atoms with van der Waals surface area (Å²) in [6.45, 7) is 0.998. The summed E-state index contributed by atoms with van der Waals surface area (Å²) < 4.78 is 16.3. The summed E-state index contributed by atoms with van der Waals surface area (Å²) in [5, 5.41) is 2.90. The smallest absolute Gasteiger partial charge is 0.255 e. The van der Waals surface area contributed by atoms with E-state index in [1.54, 1.807) is 25.3 Å². The fourth-order valence-electron chi connectivity index (χ4n) is 3.35. The first-order valence-corrected chi connectivity index (χ1v) is 9.55. The van der Waals surface area contributed by atoms with E-state index in [0.29, 0.717) is 36.0 Å². The van der Waals surface area contributed by atoms with E-state index in [1.165, 1.54) is 0 Å². The highest BCUT2D eigenvalue weighted by molar-refractivity contribution is 6.04. The molecular weight excluding hydrogens is 382 g/mol. The average molecular weight is 401 g/mol. The minimum absolute atomic E-state index is 0.212. The van der Waals surface area contributed by atoms with Crippen LogP contribution in [0.15, 0.2) is 60.7 Å². The number of benzene rings is 3. The highest BCUT2D eigenvalue weighted by Crippen LogP contribution is 2.31. The lowest BCUT2D eigenvalue weighted by atomic mass is 10.1. The van der Waals surface area contributed by atoms with E-state index in [9.17, 15) is 4.79 Å². The van der Waals surface area contributed by atoms with Crippen molar-refractivity contribution in [1.82, 2.24) is 9.97 Å². The van der Waals surface area contributed by atoms with Gasteiger partial charge in [-0.1, -0.05) is 0 Å². The fourth-order valence-corrected chi connectivity index (χ4v) is 3.35. The van der Waals surface area contributed by atoms with Gasteiger partial charge in [-0.15, -0.1) is 0 Å². The first-order chi connectivity index (χ1) is 14.7. The van der Waals surface area contributed by atoms with Crippen LogP contribution < -0.4 is 19.5 Å². The average Bonchev–Trinajstić information content (AvgIpc) is 3.22. The van der Waals surface area contributed by atoms with Crippen LogP contribution >= 0.6 is 0 Å². The number of fused-ring (bicyclic) bond motifs is 2. The number of anilines is 1. The molecule has 7 heteroatoms. The lowest BCUT2D eigenvalue weighted by molar-refractivity contribution is 0.102. The summed E-state index contributed by atoms with van der Waals surface area (Å²) in [4.78, 5) is 20.5. The van der Waals surface area contributed by atoms with Crippen LogP contribution in [0.3, 0.4) is 0 Å². The molecule has 1 aromatic heterocycles. The van der Waals surface area contributed by atoms with Gasteiger partial charge in [-0.05, 0) is 54.6 Å². The van der Waals surface area contributed by atoms with Crippen LogP contribution in [0.1, 0.15) is 10.4 Å². The molecule has 0 atom stereocenters. The SMILES string of the molecule is COc1ccc2nc(-c3ccc(NC(=O)c4ccc5c(c4)OCCO5)cc3)[nH]c2c1. The normalized spacial score (nSPS) is 12.6.